The SMILES string of the molecule is [2H]OC(C(=O)OCC#CCN(CC)CC)(c1ccccc1)C1CCCCC1. The van der Waals surface area contributed by atoms with Gasteiger partial charge in [-0.15, -0.1) is 0 Å². The van der Waals surface area contributed by atoms with Gasteiger partial charge in [-0.3, -0.25) is 4.90 Å². The fourth-order valence-electron chi connectivity index (χ4n) is 3.59. The Bertz CT molecular complexity index is 630. The quantitative estimate of drug-likeness (QED) is 0.572. The number of nitrogens with zero attached hydrogens (tertiary/aromatic N) is 1. The molecule has 1 unspecified atom stereocenters. The van der Waals surface area contributed by atoms with Crippen molar-refractivity contribution in [2.45, 2.75) is 51.6 Å². The topological polar surface area (TPSA) is 49.8 Å². The fraction of sp³-hybridized carbons (Fsp3) is 0.591. The van der Waals surface area contributed by atoms with Crippen molar-refractivity contribution in [3.8, 4) is 11.8 Å². The number of rotatable bonds is 8. The normalized spacial score (nSPS) is 17.7. The van der Waals surface area contributed by atoms with Gasteiger partial charge in [0.1, 0.15) is 0 Å². The first-order valence-electron chi connectivity index (χ1n) is 10.1. The van der Waals surface area contributed by atoms with Crippen molar-refractivity contribution in [1.82, 2.24) is 4.90 Å². The number of carbonyl (C=O) groups excluding carboxylic acids is 1. The smallest absolute Gasteiger partial charge is 0.344 e. The molecule has 4 nitrogen and oxygen atoms in total. The zero-order valence-electron chi connectivity index (χ0n) is 17.0. The molecule has 0 radical (unpaired) electrons. The van der Waals surface area contributed by atoms with Crippen molar-refractivity contribution in [3.05, 3.63) is 35.9 Å². The maximum absolute atomic E-state index is 13.1. The van der Waals surface area contributed by atoms with E-state index in [0.29, 0.717) is 12.1 Å². The molecule has 0 saturated heterocycles. The lowest BCUT2D eigenvalue weighted by atomic mass is 9.73. The number of hydrogen-bond acceptors (Lipinski definition) is 4. The molecule has 1 saturated carbocycles. The molecule has 0 aliphatic heterocycles. The lowest BCUT2D eigenvalue weighted by molar-refractivity contribution is -0.174. The van der Waals surface area contributed by atoms with Gasteiger partial charge >= 0.3 is 5.97 Å². The summed E-state index contributed by atoms with van der Waals surface area (Å²) in [5.74, 6) is 5.40. The van der Waals surface area contributed by atoms with E-state index in [2.05, 4.69) is 30.6 Å². The van der Waals surface area contributed by atoms with E-state index in [1.165, 1.54) is 0 Å². The van der Waals surface area contributed by atoms with E-state index in [9.17, 15) is 4.79 Å². The summed E-state index contributed by atoms with van der Waals surface area (Å²) in [6, 6.07) is 9.31. The number of hydrogen-bond donors (Lipinski definition) is 1. The molecule has 1 aromatic carbocycles. The highest BCUT2D eigenvalue weighted by Gasteiger charge is 2.46. The summed E-state index contributed by atoms with van der Waals surface area (Å²) in [6.07, 6.45) is 4.96. The second-order valence-electron chi connectivity index (χ2n) is 6.83. The van der Waals surface area contributed by atoms with Crippen LogP contribution in [0.5, 0.6) is 0 Å². The van der Waals surface area contributed by atoms with E-state index < -0.39 is 11.6 Å². The average molecular weight is 359 g/mol. The summed E-state index contributed by atoms with van der Waals surface area (Å²) in [4.78, 5) is 15.3. The summed E-state index contributed by atoms with van der Waals surface area (Å²) in [7, 11) is 0. The number of ether oxygens (including phenoxy) is 1. The van der Waals surface area contributed by atoms with Crippen molar-refractivity contribution in [3.63, 3.8) is 0 Å². The predicted molar refractivity (Wildman–Crippen MR) is 103 cm³/mol. The molecular weight excluding hydrogens is 326 g/mol. The van der Waals surface area contributed by atoms with Gasteiger partial charge in [-0.1, -0.05) is 75.3 Å². The molecule has 1 atom stereocenters. The molecule has 26 heavy (non-hydrogen) atoms. The molecule has 2 rings (SSSR count). The molecule has 142 valence electrons. The molecule has 1 aliphatic carbocycles. The Kier molecular flexibility index (Phi) is 7.54. The van der Waals surface area contributed by atoms with Crippen LogP contribution in [0.2, 0.25) is 0 Å². The Morgan fingerprint density at radius 1 is 1.23 bits per heavy atom. The minimum absolute atomic E-state index is 0.0186. The Morgan fingerprint density at radius 3 is 2.54 bits per heavy atom. The highest BCUT2D eigenvalue weighted by molar-refractivity contribution is 5.81. The predicted octanol–water partition coefficient (Wildman–Crippen LogP) is 3.34. The molecule has 1 aliphatic rings. The highest BCUT2D eigenvalue weighted by Crippen LogP contribution is 2.40. The van der Waals surface area contributed by atoms with E-state index in [1.807, 2.05) is 30.3 Å². The summed E-state index contributed by atoms with van der Waals surface area (Å²) in [6.45, 7) is 6.74. The number of aliphatic hydroxyl groups is 1. The Balaban J connectivity index is 2.13. The zero-order chi connectivity index (χ0) is 19.5. The van der Waals surface area contributed by atoms with E-state index >= 15 is 0 Å². The van der Waals surface area contributed by atoms with Gasteiger partial charge in [-0.25, -0.2) is 4.79 Å². The van der Waals surface area contributed by atoms with Crippen LogP contribution in [0.25, 0.3) is 0 Å². The first-order chi connectivity index (χ1) is 13.2. The van der Waals surface area contributed by atoms with Crippen LogP contribution in [0, 0.1) is 17.8 Å². The Morgan fingerprint density at radius 2 is 1.92 bits per heavy atom. The maximum Gasteiger partial charge on any atom is 0.344 e. The standard InChI is InChI=1S/C22H31NO3/c1-3-23(4-2)17-11-12-18-26-21(24)22(25,19-13-7-5-8-14-19)20-15-9-6-10-16-20/h5,7-8,13-14,20,25H,3-4,6,9-10,15-18H2,1-2H3/i25D. The molecule has 0 spiro atoms. The van der Waals surface area contributed by atoms with E-state index in [4.69, 9.17) is 11.3 Å². The monoisotopic (exact) mass is 358 g/mol. The Labute approximate surface area is 159 Å². The lowest BCUT2D eigenvalue weighted by Gasteiger charge is -2.36. The Hall–Kier alpha value is -1.83. The third kappa shape index (κ3) is 5.09. The van der Waals surface area contributed by atoms with Gasteiger partial charge in [0.15, 0.2) is 12.2 Å². The number of esters is 1. The minimum atomic E-state index is -1.37. The van der Waals surface area contributed by atoms with E-state index in [-0.39, 0.29) is 12.5 Å². The first-order valence-corrected chi connectivity index (χ1v) is 9.74. The van der Waals surface area contributed by atoms with Crippen LogP contribution < -0.4 is 0 Å². The lowest BCUT2D eigenvalue weighted by Crippen LogP contribution is -2.45. The van der Waals surface area contributed by atoms with Gasteiger partial charge in [0, 0.05) is 5.92 Å². The van der Waals surface area contributed by atoms with Crippen molar-refractivity contribution < 1.29 is 14.6 Å². The summed E-state index contributed by atoms with van der Waals surface area (Å²) in [5, 5.41) is 5.17. The van der Waals surface area contributed by atoms with Gasteiger partial charge in [0.05, 0.1) is 6.54 Å². The van der Waals surface area contributed by atoms with Crippen LogP contribution in [0.4, 0.5) is 0 Å². The van der Waals surface area contributed by atoms with Crippen molar-refractivity contribution in [2.75, 3.05) is 26.2 Å². The summed E-state index contributed by atoms with van der Waals surface area (Å²) < 4.78 is 13.3. The van der Waals surface area contributed by atoms with Crippen LogP contribution in [0.3, 0.4) is 0 Å². The van der Waals surface area contributed by atoms with Gasteiger partial charge in [-0.2, -0.15) is 0 Å². The van der Waals surface area contributed by atoms with Gasteiger partial charge < -0.3 is 9.85 Å². The third-order valence-corrected chi connectivity index (χ3v) is 5.28. The molecule has 0 bridgehead atoms. The van der Waals surface area contributed by atoms with Gasteiger partial charge in [-0.05, 0) is 31.5 Å². The van der Waals surface area contributed by atoms with Gasteiger partial charge in [0.2, 0.25) is 1.43 Å². The largest absolute Gasteiger partial charge is 0.450 e. The van der Waals surface area contributed by atoms with Crippen LogP contribution in [0.1, 0.15) is 51.5 Å². The van der Waals surface area contributed by atoms with Crippen LogP contribution in [-0.2, 0) is 15.1 Å². The average Bonchev–Trinajstić information content (AvgIpc) is 2.73. The van der Waals surface area contributed by atoms with Crippen LogP contribution >= 0.6 is 0 Å². The fourth-order valence-corrected chi connectivity index (χ4v) is 3.59. The van der Waals surface area contributed by atoms with Crippen LogP contribution in [-0.4, -0.2) is 43.7 Å². The summed E-state index contributed by atoms with van der Waals surface area (Å²) >= 11 is 0. The summed E-state index contributed by atoms with van der Waals surface area (Å²) in [5.41, 5.74) is -0.685. The molecule has 0 amide bonds. The zero-order valence-corrected chi connectivity index (χ0v) is 16.0. The van der Waals surface area contributed by atoms with Crippen LogP contribution in [0.15, 0.2) is 30.3 Å². The number of carbonyl (C=O) groups is 1. The number of benzene rings is 1. The molecule has 4 heteroatoms. The minimum Gasteiger partial charge on any atom is -0.450 e. The van der Waals surface area contributed by atoms with Gasteiger partial charge in [0.25, 0.3) is 0 Å². The van der Waals surface area contributed by atoms with Crippen molar-refractivity contribution in [2.24, 2.45) is 5.92 Å². The highest BCUT2D eigenvalue weighted by atomic mass is 16.5. The van der Waals surface area contributed by atoms with E-state index in [1.54, 1.807) is 0 Å². The molecule has 1 aromatic rings. The van der Waals surface area contributed by atoms with Crippen molar-refractivity contribution >= 4 is 5.97 Å². The van der Waals surface area contributed by atoms with Crippen molar-refractivity contribution in [1.29, 1.82) is 1.43 Å². The molecule has 1 N–H and O–H groups in total. The second-order valence-corrected chi connectivity index (χ2v) is 6.83. The first kappa shape index (κ1) is 18.9. The maximum atomic E-state index is 13.1. The second kappa shape index (κ2) is 10.4. The molecule has 1 fully saturated rings. The molecule has 0 heterocycles. The molecular formula is C22H31NO3. The van der Waals surface area contributed by atoms with E-state index in [0.717, 1.165) is 45.2 Å². The third-order valence-electron chi connectivity index (χ3n) is 5.28. The molecule has 0 aromatic heterocycles.